The second kappa shape index (κ2) is 7.66. The van der Waals surface area contributed by atoms with Gasteiger partial charge in [-0.05, 0) is 37.3 Å². The Morgan fingerprint density at radius 2 is 1.88 bits per heavy atom. The smallest absolute Gasteiger partial charge is 0.342 e. The van der Waals surface area contributed by atoms with Crippen LogP contribution in [0.25, 0.3) is 0 Å². The normalized spacial score (nSPS) is 23.6. The van der Waals surface area contributed by atoms with Crippen LogP contribution >= 0.6 is 11.8 Å². The van der Waals surface area contributed by atoms with E-state index >= 15 is 0 Å². The zero-order valence-electron chi connectivity index (χ0n) is 17.3. The van der Waals surface area contributed by atoms with E-state index in [9.17, 15) is 19.2 Å². The average Bonchev–Trinajstić information content (AvgIpc) is 3.04. The molecule has 1 saturated heterocycles. The number of aromatic carboxylic acids is 1. The van der Waals surface area contributed by atoms with Crippen LogP contribution in [0.5, 0.6) is 11.5 Å². The molecule has 0 unspecified atom stereocenters. The van der Waals surface area contributed by atoms with Crippen LogP contribution in [-0.4, -0.2) is 40.7 Å². The van der Waals surface area contributed by atoms with Crippen molar-refractivity contribution in [3.05, 3.63) is 64.2 Å². The molecule has 168 valence electrons. The van der Waals surface area contributed by atoms with Crippen LogP contribution in [-0.2, 0) is 14.4 Å². The number of anilines is 1. The van der Waals surface area contributed by atoms with Crippen molar-refractivity contribution < 1.29 is 33.8 Å². The van der Waals surface area contributed by atoms with Gasteiger partial charge < -0.3 is 20.3 Å². The number of ether oxygens (including phenoxy) is 2. The van der Waals surface area contributed by atoms with Crippen LogP contribution in [0.2, 0.25) is 0 Å². The number of carbonyl (C=O) groups excluding carboxylic acids is 3. The predicted molar refractivity (Wildman–Crippen MR) is 118 cm³/mol. The Balaban J connectivity index is 1.61. The fraction of sp³-hybridized carbons (Fsp3) is 0.217. The molecule has 3 aliphatic heterocycles. The third kappa shape index (κ3) is 3.09. The van der Waals surface area contributed by atoms with Crippen molar-refractivity contribution in [3.63, 3.8) is 0 Å². The SMILES string of the molecule is CCOc1cccc2c1OC(=O)C1=C(N)S[C@@H]3C(=O)N(c4ccc(C(=O)O)cc4)C(=O)[C@H]3[C@@H]12. The predicted octanol–water partition coefficient (Wildman–Crippen LogP) is 2.26. The van der Waals surface area contributed by atoms with Crippen molar-refractivity contribution in [1.82, 2.24) is 0 Å². The molecule has 0 aliphatic carbocycles. The van der Waals surface area contributed by atoms with E-state index in [0.29, 0.717) is 17.9 Å². The Morgan fingerprint density at radius 1 is 1.15 bits per heavy atom. The summed E-state index contributed by atoms with van der Waals surface area (Å²) >= 11 is 0.973. The first-order valence-electron chi connectivity index (χ1n) is 10.2. The van der Waals surface area contributed by atoms with Crippen LogP contribution in [0, 0.1) is 5.92 Å². The molecule has 3 atom stereocenters. The van der Waals surface area contributed by atoms with E-state index in [1.54, 1.807) is 25.1 Å². The van der Waals surface area contributed by atoms with Crippen molar-refractivity contribution in [3.8, 4) is 11.5 Å². The van der Waals surface area contributed by atoms with E-state index in [1.807, 2.05) is 0 Å². The lowest BCUT2D eigenvalue weighted by atomic mass is 9.77. The molecule has 0 aromatic heterocycles. The van der Waals surface area contributed by atoms with Crippen LogP contribution in [0.15, 0.2) is 53.1 Å². The van der Waals surface area contributed by atoms with Crippen LogP contribution < -0.4 is 20.1 Å². The molecule has 3 N–H and O–H groups in total. The number of hydrogen-bond acceptors (Lipinski definition) is 8. The molecule has 2 aromatic carbocycles. The molecule has 9 nitrogen and oxygen atoms in total. The lowest BCUT2D eigenvalue weighted by Crippen LogP contribution is -2.39. The number of nitrogens with zero attached hydrogens (tertiary/aromatic N) is 1. The Morgan fingerprint density at radius 3 is 2.55 bits per heavy atom. The van der Waals surface area contributed by atoms with E-state index < -0.39 is 40.8 Å². The molecule has 0 saturated carbocycles. The number of para-hydroxylation sites is 1. The van der Waals surface area contributed by atoms with E-state index in [2.05, 4.69) is 0 Å². The molecule has 10 heteroatoms. The van der Waals surface area contributed by atoms with Crippen molar-refractivity contribution >= 4 is 41.2 Å². The topological polar surface area (TPSA) is 136 Å². The Hall–Kier alpha value is -3.79. The van der Waals surface area contributed by atoms with Gasteiger partial charge in [0.2, 0.25) is 11.8 Å². The number of carbonyl (C=O) groups is 4. The number of benzene rings is 2. The largest absolute Gasteiger partial charge is 0.490 e. The molecule has 5 rings (SSSR count). The van der Waals surface area contributed by atoms with Crippen molar-refractivity contribution in [2.45, 2.75) is 18.1 Å². The first kappa shape index (κ1) is 21.1. The average molecular weight is 466 g/mol. The molecule has 2 aromatic rings. The lowest BCUT2D eigenvalue weighted by molar-refractivity contribution is -0.132. The van der Waals surface area contributed by atoms with Crippen LogP contribution in [0.1, 0.15) is 28.8 Å². The fourth-order valence-electron chi connectivity index (χ4n) is 4.53. The van der Waals surface area contributed by atoms with Crippen molar-refractivity contribution in [2.75, 3.05) is 11.5 Å². The second-order valence-electron chi connectivity index (χ2n) is 7.68. The molecular formula is C23H18N2O7S. The second-order valence-corrected chi connectivity index (χ2v) is 8.86. The molecule has 3 heterocycles. The Bertz CT molecular complexity index is 1250. The number of imide groups is 1. The number of nitrogens with two attached hydrogens (primary N) is 1. The minimum atomic E-state index is -1.12. The van der Waals surface area contributed by atoms with Gasteiger partial charge in [-0.15, -0.1) is 0 Å². The lowest BCUT2D eigenvalue weighted by Gasteiger charge is -2.36. The van der Waals surface area contributed by atoms with Gasteiger partial charge in [0.15, 0.2) is 11.5 Å². The minimum Gasteiger partial charge on any atom is -0.490 e. The maximum atomic E-state index is 13.6. The maximum Gasteiger partial charge on any atom is 0.342 e. The number of hydrogen-bond donors (Lipinski definition) is 2. The molecule has 2 amide bonds. The summed E-state index contributed by atoms with van der Waals surface area (Å²) in [5.74, 6) is -3.81. The molecule has 0 spiro atoms. The van der Waals surface area contributed by atoms with Gasteiger partial charge in [0, 0.05) is 11.5 Å². The van der Waals surface area contributed by atoms with Gasteiger partial charge in [0.1, 0.15) is 5.25 Å². The molecule has 33 heavy (non-hydrogen) atoms. The quantitative estimate of drug-likeness (QED) is 0.395. The molecule has 3 aliphatic rings. The summed E-state index contributed by atoms with van der Waals surface area (Å²) in [4.78, 5) is 52.0. The van der Waals surface area contributed by atoms with Gasteiger partial charge in [-0.3, -0.25) is 9.59 Å². The summed E-state index contributed by atoms with van der Waals surface area (Å²) in [6.07, 6.45) is 0. The molecular weight excluding hydrogens is 448 g/mol. The molecule has 1 fully saturated rings. The summed E-state index contributed by atoms with van der Waals surface area (Å²) in [6.45, 7) is 2.15. The maximum absolute atomic E-state index is 13.6. The minimum absolute atomic E-state index is 0.0326. The zero-order valence-corrected chi connectivity index (χ0v) is 18.1. The van der Waals surface area contributed by atoms with Gasteiger partial charge in [-0.2, -0.15) is 0 Å². The van der Waals surface area contributed by atoms with Gasteiger partial charge in [0.05, 0.1) is 34.4 Å². The van der Waals surface area contributed by atoms with Crippen LogP contribution in [0.4, 0.5) is 5.69 Å². The molecule has 0 radical (unpaired) electrons. The van der Waals surface area contributed by atoms with Gasteiger partial charge in [-0.25, -0.2) is 14.5 Å². The number of rotatable bonds is 4. The summed E-state index contributed by atoms with van der Waals surface area (Å²) in [5, 5.41) is 8.43. The van der Waals surface area contributed by atoms with Gasteiger partial charge in [-0.1, -0.05) is 23.9 Å². The highest BCUT2D eigenvalue weighted by molar-refractivity contribution is 8.04. The van der Waals surface area contributed by atoms with Crippen molar-refractivity contribution in [2.24, 2.45) is 11.7 Å². The van der Waals surface area contributed by atoms with Gasteiger partial charge >= 0.3 is 11.9 Å². The number of thioether (sulfide) groups is 1. The number of esters is 1. The third-order valence-corrected chi connectivity index (χ3v) is 7.14. The summed E-state index contributed by atoms with van der Waals surface area (Å²) in [6, 6.07) is 10.6. The summed E-state index contributed by atoms with van der Waals surface area (Å²) < 4.78 is 11.1. The Kier molecular flexibility index (Phi) is 4.89. The highest BCUT2D eigenvalue weighted by Gasteiger charge is 2.58. The van der Waals surface area contributed by atoms with Gasteiger partial charge in [0.25, 0.3) is 0 Å². The number of carboxylic acids is 1. The van der Waals surface area contributed by atoms with E-state index in [1.165, 1.54) is 24.3 Å². The first-order chi connectivity index (χ1) is 15.8. The highest BCUT2D eigenvalue weighted by Crippen LogP contribution is 2.56. The molecule has 0 bridgehead atoms. The highest BCUT2D eigenvalue weighted by atomic mass is 32.2. The van der Waals surface area contributed by atoms with Crippen molar-refractivity contribution in [1.29, 1.82) is 0 Å². The fourth-order valence-corrected chi connectivity index (χ4v) is 5.77. The summed E-state index contributed by atoms with van der Waals surface area (Å²) in [5.41, 5.74) is 7.20. The summed E-state index contributed by atoms with van der Waals surface area (Å²) in [7, 11) is 0. The zero-order chi connectivity index (χ0) is 23.4. The van der Waals surface area contributed by atoms with E-state index in [4.69, 9.17) is 20.3 Å². The standard InChI is InChI=1S/C23H18N2O7S/c1-2-31-13-5-3-4-12-14-15-18(33-19(24)16(14)23(30)32-17(12)13)21(27)25(20(15)26)11-8-6-10(7-9-11)22(28)29/h3-9,14-15,18H,2,24H2,1H3,(H,28,29)/t14-,15-,18-/m0/s1. The number of carboxylic acid groups (broad SMARTS) is 1. The number of fused-ring (bicyclic) bond motifs is 5. The number of amides is 2. The monoisotopic (exact) mass is 466 g/mol. The van der Waals surface area contributed by atoms with E-state index in [-0.39, 0.29) is 27.6 Å². The van der Waals surface area contributed by atoms with E-state index in [0.717, 1.165) is 16.7 Å². The Labute approximate surface area is 192 Å². The first-order valence-corrected chi connectivity index (χ1v) is 11.1. The third-order valence-electron chi connectivity index (χ3n) is 5.92. The van der Waals surface area contributed by atoms with Crippen LogP contribution in [0.3, 0.4) is 0 Å².